The van der Waals surface area contributed by atoms with E-state index in [1.54, 1.807) is 0 Å². The van der Waals surface area contributed by atoms with E-state index in [2.05, 4.69) is 52.1 Å². The third-order valence-corrected chi connectivity index (χ3v) is 16.7. The molecule has 0 heterocycles. The summed E-state index contributed by atoms with van der Waals surface area (Å²) in [4.78, 5) is 13.3. The van der Waals surface area contributed by atoms with Crippen LogP contribution in [0.25, 0.3) is 0 Å². The Morgan fingerprint density at radius 2 is 1.64 bits per heavy atom. The zero-order valence-corrected chi connectivity index (χ0v) is 32.3. The van der Waals surface area contributed by atoms with Gasteiger partial charge in [-0.2, -0.15) is 0 Å². The Bertz CT molecular complexity index is 1510. The van der Waals surface area contributed by atoms with Crippen molar-refractivity contribution >= 4 is 5.97 Å². The van der Waals surface area contributed by atoms with E-state index in [4.69, 9.17) is 4.74 Å². The van der Waals surface area contributed by atoms with Crippen molar-refractivity contribution in [2.45, 2.75) is 150 Å². The summed E-state index contributed by atoms with van der Waals surface area (Å²) in [5.41, 5.74) is 3.09. The number of rotatable bonds is 8. The maximum absolute atomic E-state index is 14.7. The van der Waals surface area contributed by atoms with Crippen LogP contribution in [-0.4, -0.2) is 35.4 Å². The number of hydrogen-bond donors (Lipinski definition) is 2. The number of halogens is 1. The number of alkyl halides is 1. The molecule has 0 aromatic heterocycles. The number of allylic oxidation sites excluding steroid dienone is 4. The molecule has 4 saturated carbocycles. The Kier molecular flexibility index (Phi) is 9.14. The molecular weight excluding hydrogens is 621 g/mol. The van der Waals surface area contributed by atoms with E-state index < -0.39 is 23.7 Å². The van der Waals surface area contributed by atoms with Gasteiger partial charge in [0.15, 0.2) is 0 Å². The first-order valence-electron chi connectivity index (χ1n) is 20.2. The van der Waals surface area contributed by atoms with E-state index in [0.29, 0.717) is 48.0 Å². The second-order valence-electron chi connectivity index (χ2n) is 19.9. The highest BCUT2D eigenvalue weighted by Crippen LogP contribution is 2.76. The number of esters is 1. The Morgan fingerprint density at radius 1 is 0.880 bits per heavy atom. The molecule has 9 atom stereocenters. The molecule has 2 N–H and O–H groups in total. The molecule has 0 spiro atoms. The Labute approximate surface area is 302 Å². The molecule has 2 unspecified atom stereocenters. The minimum Gasteiger partial charge on any atom is -0.460 e. The van der Waals surface area contributed by atoms with Crippen LogP contribution in [0.4, 0.5) is 4.39 Å². The fraction of sp³-hybridized carbons (Fsp3) is 0.756. The molecule has 0 radical (unpaired) electrons. The van der Waals surface area contributed by atoms with Crippen molar-refractivity contribution in [2.75, 3.05) is 13.2 Å². The van der Waals surface area contributed by atoms with Gasteiger partial charge in [0.25, 0.3) is 0 Å². The fourth-order valence-corrected chi connectivity index (χ4v) is 13.8. The maximum atomic E-state index is 14.7. The van der Waals surface area contributed by atoms with Gasteiger partial charge in [-0.15, -0.1) is 0 Å². The Morgan fingerprint density at radius 3 is 2.32 bits per heavy atom. The molecule has 1 aromatic carbocycles. The van der Waals surface area contributed by atoms with Crippen molar-refractivity contribution < 1.29 is 19.0 Å². The molecule has 6 aliphatic rings. The van der Waals surface area contributed by atoms with E-state index in [9.17, 15) is 14.3 Å². The summed E-state index contributed by atoms with van der Waals surface area (Å²) >= 11 is 0. The van der Waals surface area contributed by atoms with Crippen LogP contribution < -0.4 is 5.32 Å². The van der Waals surface area contributed by atoms with Crippen LogP contribution in [0.5, 0.6) is 0 Å². The van der Waals surface area contributed by atoms with Crippen molar-refractivity contribution in [1.82, 2.24) is 5.32 Å². The molecule has 0 amide bonds. The van der Waals surface area contributed by atoms with Crippen LogP contribution in [0, 0.1) is 50.7 Å². The summed E-state index contributed by atoms with van der Waals surface area (Å²) in [5.74, 6) is 2.36. The van der Waals surface area contributed by atoms with Crippen LogP contribution in [0.3, 0.4) is 0 Å². The lowest BCUT2D eigenvalue weighted by atomic mass is 9.33. The highest BCUT2D eigenvalue weighted by atomic mass is 19.1. The first kappa shape index (κ1) is 36.4. The number of benzene rings is 1. The van der Waals surface area contributed by atoms with Gasteiger partial charge in [0.1, 0.15) is 13.3 Å². The van der Waals surface area contributed by atoms with Crippen molar-refractivity contribution in [1.29, 1.82) is 0 Å². The number of hydrogen-bond acceptors (Lipinski definition) is 4. The molecule has 276 valence electrons. The van der Waals surface area contributed by atoms with Crippen LogP contribution >= 0.6 is 0 Å². The first-order chi connectivity index (χ1) is 23.5. The predicted octanol–water partition coefficient (Wildman–Crippen LogP) is 10.3. The van der Waals surface area contributed by atoms with E-state index in [0.717, 1.165) is 24.3 Å². The normalized spacial score (nSPS) is 42.3. The van der Waals surface area contributed by atoms with Crippen LogP contribution in [-0.2, 0) is 16.1 Å². The lowest BCUT2D eigenvalue weighted by molar-refractivity contribution is -0.219. The molecule has 4 fully saturated rings. The summed E-state index contributed by atoms with van der Waals surface area (Å²) in [5, 5.41) is 14.6. The van der Waals surface area contributed by atoms with Crippen LogP contribution in [0.2, 0.25) is 0 Å². The van der Waals surface area contributed by atoms with Crippen LogP contribution in [0.1, 0.15) is 138 Å². The third-order valence-electron chi connectivity index (χ3n) is 16.7. The predicted molar refractivity (Wildman–Crippen MR) is 200 cm³/mol. The molecule has 1 aromatic rings. The summed E-state index contributed by atoms with van der Waals surface area (Å²) in [6.07, 6.45) is 19.2. The largest absolute Gasteiger partial charge is 0.460 e. The molecule has 4 nitrogen and oxygen atoms in total. The number of aliphatic hydroxyl groups is 1. The van der Waals surface area contributed by atoms with Gasteiger partial charge in [-0.1, -0.05) is 83.5 Å². The molecule has 7 rings (SSSR count). The minimum atomic E-state index is -1.08. The molecular formula is C45H66FNO3. The molecule has 50 heavy (non-hydrogen) atoms. The zero-order valence-electron chi connectivity index (χ0n) is 32.3. The number of ether oxygens (including phenoxy) is 1. The Hall–Kier alpha value is -1.98. The molecule has 0 saturated heterocycles. The molecule has 6 aliphatic carbocycles. The van der Waals surface area contributed by atoms with E-state index in [-0.39, 0.29) is 23.0 Å². The van der Waals surface area contributed by atoms with Gasteiger partial charge in [0.05, 0.1) is 11.0 Å². The highest BCUT2D eigenvalue weighted by molar-refractivity contribution is 5.78. The summed E-state index contributed by atoms with van der Waals surface area (Å²) < 4.78 is 20.4. The average molecular weight is 688 g/mol. The highest BCUT2D eigenvalue weighted by Gasteiger charge is 2.69. The smallest absolute Gasteiger partial charge is 0.315 e. The van der Waals surface area contributed by atoms with E-state index in [1.807, 2.05) is 44.2 Å². The van der Waals surface area contributed by atoms with Gasteiger partial charge in [0, 0.05) is 12.1 Å². The molecule has 5 heteroatoms. The topological polar surface area (TPSA) is 58.6 Å². The summed E-state index contributed by atoms with van der Waals surface area (Å²) in [7, 11) is 0. The number of nitrogens with one attached hydrogen (secondary N) is 1. The van der Waals surface area contributed by atoms with E-state index >= 15 is 0 Å². The van der Waals surface area contributed by atoms with Crippen molar-refractivity contribution in [3.05, 3.63) is 59.2 Å². The lowest BCUT2D eigenvalue weighted by Gasteiger charge is -2.72. The van der Waals surface area contributed by atoms with Gasteiger partial charge in [-0.25, -0.2) is 4.39 Å². The second-order valence-corrected chi connectivity index (χ2v) is 19.9. The Balaban J connectivity index is 1.10. The van der Waals surface area contributed by atoms with Crippen molar-refractivity contribution in [3.8, 4) is 0 Å². The maximum Gasteiger partial charge on any atom is 0.315 e. The van der Waals surface area contributed by atoms with Gasteiger partial charge < -0.3 is 15.2 Å². The van der Waals surface area contributed by atoms with Crippen molar-refractivity contribution in [2.24, 2.45) is 50.7 Å². The molecule has 0 bridgehead atoms. The van der Waals surface area contributed by atoms with Gasteiger partial charge in [-0.05, 0) is 153 Å². The van der Waals surface area contributed by atoms with Crippen molar-refractivity contribution in [3.63, 3.8) is 0 Å². The molecule has 0 aliphatic heterocycles. The van der Waals surface area contributed by atoms with Gasteiger partial charge in [0.2, 0.25) is 0 Å². The SMILES string of the molecule is CC(C)(O)CN[C@]12CCC[C@@H]1[C@H]1CCC3[C@@]4(C)CC=C(C5=CC[C@](CF)(C(=O)OCc6ccccc6)CC5)C(C)(C)C4CC[C@@]3(C)[C@]1(C)CC2. The average Bonchev–Trinajstić information content (AvgIpc) is 3.51. The lowest BCUT2D eigenvalue weighted by Crippen LogP contribution is -2.67. The monoisotopic (exact) mass is 688 g/mol. The van der Waals surface area contributed by atoms with Crippen LogP contribution in [0.15, 0.2) is 53.6 Å². The number of carbonyl (C=O) groups is 1. The third kappa shape index (κ3) is 5.60. The number of carbonyl (C=O) groups excluding carboxylic acids is 1. The van der Waals surface area contributed by atoms with Gasteiger partial charge >= 0.3 is 5.97 Å². The standard InChI is InChI=1S/C45H66FNO3/c1-39(2,49)30-47-45-21-11-14-35(45)34-15-16-37-41(5)22-19-33(40(3,4)36(41)20-23-43(37,7)42(34,6)26-27-45)32-17-24-44(29-46,25-18-32)38(48)50-28-31-12-9-8-10-13-31/h8-10,12-13,17,19,34-37,47,49H,11,14-16,18,20-30H2,1-7H3/t34-,35-,36?,37?,41+,42-,43-,44+,45+/m1/s1. The van der Waals surface area contributed by atoms with E-state index in [1.165, 1.54) is 68.9 Å². The fourth-order valence-electron chi connectivity index (χ4n) is 13.8. The quantitative estimate of drug-likeness (QED) is 0.267. The minimum absolute atomic E-state index is 0.0235. The number of fused-ring (bicyclic) bond motifs is 7. The first-order valence-corrected chi connectivity index (χ1v) is 20.2. The van der Waals surface area contributed by atoms with Gasteiger partial charge in [-0.3, -0.25) is 4.79 Å². The summed E-state index contributed by atoms with van der Waals surface area (Å²) in [6.45, 7) is 17.1. The zero-order chi connectivity index (χ0) is 35.8. The summed E-state index contributed by atoms with van der Waals surface area (Å²) in [6, 6.07) is 9.68. The number of β-amino-alcohol motifs (C(OH)–C–C–N with tert-alkyl or cyclic N) is 1. The second kappa shape index (κ2) is 12.6.